The van der Waals surface area contributed by atoms with Crippen LogP contribution in [0, 0.1) is 0 Å². The largest absolute Gasteiger partial charge is 0.450 e. The number of alkyl carbamates (subject to hydrolysis) is 1. The molecule has 0 aromatic heterocycles. The Morgan fingerprint density at radius 3 is 2.75 bits per heavy atom. The van der Waals surface area contributed by atoms with Gasteiger partial charge in [0.15, 0.2) is 0 Å². The minimum Gasteiger partial charge on any atom is -0.450 e. The van der Waals surface area contributed by atoms with E-state index in [4.69, 9.17) is 27.9 Å². The lowest BCUT2D eigenvalue weighted by molar-refractivity contribution is 0.147. The molecule has 0 fully saturated rings. The van der Waals surface area contributed by atoms with Crippen LogP contribution in [0.1, 0.15) is 24.1 Å². The molecule has 1 aliphatic carbocycles. The van der Waals surface area contributed by atoms with Crippen LogP contribution < -0.4 is 10.6 Å². The van der Waals surface area contributed by atoms with Gasteiger partial charge in [-0.15, -0.1) is 0 Å². The maximum atomic E-state index is 11.8. The zero-order valence-corrected chi connectivity index (χ0v) is 14.7. The number of hydrogen-bond acceptors (Lipinski definition) is 3. The van der Waals surface area contributed by atoms with Crippen molar-refractivity contribution in [3.8, 4) is 0 Å². The first kappa shape index (κ1) is 16.9. The summed E-state index contributed by atoms with van der Waals surface area (Å²) in [6.07, 6.45) is 0.338. The van der Waals surface area contributed by atoms with Gasteiger partial charge in [0.1, 0.15) is 0 Å². The number of ether oxygens (including phenoxy) is 1. The summed E-state index contributed by atoms with van der Waals surface area (Å²) < 4.78 is 5.02. The third-order valence-corrected chi connectivity index (χ3v) is 4.79. The van der Waals surface area contributed by atoms with Gasteiger partial charge in [-0.2, -0.15) is 0 Å². The second-order valence-electron chi connectivity index (χ2n) is 5.63. The number of rotatable bonds is 4. The second-order valence-corrected chi connectivity index (χ2v) is 6.44. The lowest BCUT2D eigenvalue weighted by atomic mass is 10.1. The number of hydrogen-bond donors (Lipinski definition) is 2. The minimum absolute atomic E-state index is 0.0668. The van der Waals surface area contributed by atoms with Gasteiger partial charge in [-0.25, -0.2) is 4.79 Å². The normalized spacial score (nSPS) is 18.8. The van der Waals surface area contributed by atoms with Crippen LogP contribution in [0.2, 0.25) is 10.0 Å². The summed E-state index contributed by atoms with van der Waals surface area (Å²) in [7, 11) is 0. The topological polar surface area (TPSA) is 50.4 Å². The van der Waals surface area contributed by atoms with E-state index in [1.165, 1.54) is 5.56 Å². The number of nitrogens with one attached hydrogen (secondary N) is 2. The second kappa shape index (κ2) is 7.32. The van der Waals surface area contributed by atoms with E-state index in [2.05, 4.69) is 22.8 Å². The van der Waals surface area contributed by atoms with Crippen molar-refractivity contribution in [3.63, 3.8) is 0 Å². The molecular formula is C18H18Cl2N2O2. The van der Waals surface area contributed by atoms with Crippen LogP contribution in [0.4, 0.5) is 10.5 Å². The van der Waals surface area contributed by atoms with Gasteiger partial charge in [0, 0.05) is 5.69 Å². The van der Waals surface area contributed by atoms with E-state index in [9.17, 15) is 4.79 Å². The molecular weight excluding hydrogens is 347 g/mol. The predicted octanol–water partition coefficient (Wildman–Crippen LogP) is 4.82. The first-order valence-corrected chi connectivity index (χ1v) is 8.56. The summed E-state index contributed by atoms with van der Waals surface area (Å²) >= 11 is 12.1. The van der Waals surface area contributed by atoms with E-state index in [0.29, 0.717) is 16.7 Å². The van der Waals surface area contributed by atoms with Crippen LogP contribution in [-0.2, 0) is 11.2 Å². The summed E-state index contributed by atoms with van der Waals surface area (Å²) in [6.45, 7) is 2.13. The SMILES string of the molecule is CCOC(=O)NC1Cc2ccccc2C1Nc1ccc(Cl)c(Cl)c1. The average Bonchev–Trinajstić information content (AvgIpc) is 2.89. The fraction of sp³-hybridized carbons (Fsp3) is 0.278. The van der Waals surface area contributed by atoms with E-state index in [0.717, 1.165) is 17.7 Å². The van der Waals surface area contributed by atoms with E-state index in [1.807, 2.05) is 18.2 Å². The van der Waals surface area contributed by atoms with E-state index >= 15 is 0 Å². The fourth-order valence-corrected chi connectivity index (χ4v) is 3.30. The number of anilines is 1. The summed E-state index contributed by atoms with van der Waals surface area (Å²) in [5.74, 6) is 0. The van der Waals surface area contributed by atoms with Gasteiger partial charge in [0.25, 0.3) is 0 Å². The molecule has 0 aliphatic heterocycles. The number of benzene rings is 2. The van der Waals surface area contributed by atoms with Crippen molar-refractivity contribution >= 4 is 35.0 Å². The highest BCUT2D eigenvalue weighted by atomic mass is 35.5. The van der Waals surface area contributed by atoms with Crippen LogP contribution in [0.5, 0.6) is 0 Å². The van der Waals surface area contributed by atoms with E-state index in [1.54, 1.807) is 19.1 Å². The molecule has 0 saturated carbocycles. The van der Waals surface area contributed by atoms with Gasteiger partial charge in [0.05, 0.1) is 28.7 Å². The third kappa shape index (κ3) is 3.60. The fourth-order valence-electron chi connectivity index (χ4n) is 3.00. The smallest absolute Gasteiger partial charge is 0.407 e. The van der Waals surface area contributed by atoms with Crippen LogP contribution in [0.3, 0.4) is 0 Å². The molecule has 0 bridgehead atoms. The first-order valence-electron chi connectivity index (χ1n) is 7.81. The maximum absolute atomic E-state index is 11.8. The minimum atomic E-state index is -0.406. The van der Waals surface area contributed by atoms with Gasteiger partial charge in [0.2, 0.25) is 0 Å². The predicted molar refractivity (Wildman–Crippen MR) is 96.9 cm³/mol. The molecule has 0 radical (unpaired) electrons. The summed E-state index contributed by atoms with van der Waals surface area (Å²) in [5.41, 5.74) is 3.21. The van der Waals surface area contributed by atoms with Crippen molar-refractivity contribution in [1.82, 2.24) is 5.32 Å². The van der Waals surface area contributed by atoms with Crippen molar-refractivity contribution < 1.29 is 9.53 Å². The van der Waals surface area contributed by atoms with Crippen molar-refractivity contribution in [3.05, 3.63) is 63.6 Å². The van der Waals surface area contributed by atoms with Gasteiger partial charge in [-0.1, -0.05) is 47.5 Å². The molecule has 2 aromatic rings. The number of amides is 1. The molecule has 2 aromatic carbocycles. The molecule has 4 nitrogen and oxygen atoms in total. The molecule has 6 heteroatoms. The van der Waals surface area contributed by atoms with Crippen LogP contribution in [0.25, 0.3) is 0 Å². The Hall–Kier alpha value is -1.91. The first-order chi connectivity index (χ1) is 11.6. The molecule has 2 atom stereocenters. The van der Waals surface area contributed by atoms with Gasteiger partial charge in [-0.3, -0.25) is 0 Å². The number of carbonyl (C=O) groups is 1. The van der Waals surface area contributed by atoms with Crippen molar-refractivity contribution in [2.45, 2.75) is 25.4 Å². The number of halogens is 2. The quantitative estimate of drug-likeness (QED) is 0.817. The monoisotopic (exact) mass is 364 g/mol. The highest BCUT2D eigenvalue weighted by Crippen LogP contribution is 2.35. The van der Waals surface area contributed by atoms with Crippen molar-refractivity contribution in [1.29, 1.82) is 0 Å². The van der Waals surface area contributed by atoms with Crippen molar-refractivity contribution in [2.24, 2.45) is 0 Å². The zero-order valence-electron chi connectivity index (χ0n) is 13.2. The molecule has 2 N–H and O–H groups in total. The molecule has 126 valence electrons. The Morgan fingerprint density at radius 2 is 2.00 bits per heavy atom. The van der Waals surface area contributed by atoms with Gasteiger partial charge in [-0.05, 0) is 42.7 Å². The molecule has 3 rings (SSSR count). The maximum Gasteiger partial charge on any atom is 0.407 e. The molecule has 0 heterocycles. The van der Waals surface area contributed by atoms with E-state index in [-0.39, 0.29) is 12.1 Å². The Balaban J connectivity index is 1.84. The van der Waals surface area contributed by atoms with Gasteiger partial charge >= 0.3 is 6.09 Å². The van der Waals surface area contributed by atoms with Gasteiger partial charge < -0.3 is 15.4 Å². The average molecular weight is 365 g/mol. The highest BCUT2D eigenvalue weighted by Gasteiger charge is 2.33. The summed E-state index contributed by atoms with van der Waals surface area (Å²) in [6, 6.07) is 13.4. The lowest BCUT2D eigenvalue weighted by Gasteiger charge is -2.24. The standard InChI is InChI=1S/C18H18Cl2N2O2/c1-2-24-18(23)22-16-9-11-5-3-4-6-13(11)17(16)21-12-7-8-14(19)15(20)10-12/h3-8,10,16-17,21H,2,9H2,1H3,(H,22,23). The van der Waals surface area contributed by atoms with Crippen LogP contribution in [-0.4, -0.2) is 18.7 Å². The molecule has 0 saturated heterocycles. The summed E-state index contributed by atoms with van der Waals surface area (Å²) in [4.78, 5) is 11.8. The Morgan fingerprint density at radius 1 is 1.21 bits per heavy atom. The van der Waals surface area contributed by atoms with Crippen LogP contribution in [0.15, 0.2) is 42.5 Å². The number of carbonyl (C=O) groups excluding carboxylic acids is 1. The Bertz CT molecular complexity index is 752. The summed E-state index contributed by atoms with van der Waals surface area (Å²) in [5, 5.41) is 7.39. The zero-order chi connectivity index (χ0) is 17.1. The Kier molecular flexibility index (Phi) is 5.17. The highest BCUT2D eigenvalue weighted by molar-refractivity contribution is 6.42. The Labute approximate surface area is 151 Å². The van der Waals surface area contributed by atoms with Crippen LogP contribution >= 0.6 is 23.2 Å². The molecule has 1 amide bonds. The molecule has 0 spiro atoms. The molecule has 2 unspecified atom stereocenters. The van der Waals surface area contributed by atoms with E-state index < -0.39 is 6.09 Å². The lowest BCUT2D eigenvalue weighted by Crippen LogP contribution is -2.40. The van der Waals surface area contributed by atoms with Crippen molar-refractivity contribution in [2.75, 3.05) is 11.9 Å². The molecule has 1 aliphatic rings. The number of fused-ring (bicyclic) bond motifs is 1. The third-order valence-electron chi connectivity index (χ3n) is 4.05. The molecule has 24 heavy (non-hydrogen) atoms.